The molecule has 0 spiro atoms. The maximum Gasteiger partial charge on any atom is 0.338 e. The Morgan fingerprint density at radius 1 is 1.19 bits per heavy atom. The van der Waals surface area contributed by atoms with E-state index in [2.05, 4.69) is 22.3 Å². The van der Waals surface area contributed by atoms with Gasteiger partial charge in [-0.3, -0.25) is 5.10 Å². The van der Waals surface area contributed by atoms with Crippen LogP contribution in [0.1, 0.15) is 53.8 Å². The second kappa shape index (κ2) is 8.45. The number of nitrogens with one attached hydrogen (secondary N) is 1. The number of rotatable bonds is 4. The van der Waals surface area contributed by atoms with Gasteiger partial charge in [-0.05, 0) is 67.3 Å². The number of carbonyl (C=O) groups excluding carboxylic acids is 1. The fourth-order valence-electron chi connectivity index (χ4n) is 4.48. The second-order valence-electron chi connectivity index (χ2n) is 7.99. The van der Waals surface area contributed by atoms with Crippen molar-refractivity contribution in [2.45, 2.75) is 32.3 Å². The first-order valence-corrected chi connectivity index (χ1v) is 10.9. The van der Waals surface area contributed by atoms with E-state index < -0.39 is 0 Å². The number of nitrogens with zero attached hydrogens (tertiary/aromatic N) is 2. The highest BCUT2D eigenvalue weighted by Crippen LogP contribution is 2.39. The molecule has 1 saturated heterocycles. The van der Waals surface area contributed by atoms with Crippen LogP contribution >= 0.6 is 0 Å². The van der Waals surface area contributed by atoms with E-state index in [0.717, 1.165) is 57.8 Å². The number of benzene rings is 3. The maximum absolute atomic E-state index is 12.1. The van der Waals surface area contributed by atoms with E-state index in [0.29, 0.717) is 24.3 Å². The molecule has 1 fully saturated rings. The summed E-state index contributed by atoms with van der Waals surface area (Å²) >= 11 is 0. The summed E-state index contributed by atoms with van der Waals surface area (Å²) in [6.07, 6.45) is 2.92. The lowest BCUT2D eigenvalue weighted by atomic mass is 9.91. The van der Waals surface area contributed by atoms with Crippen molar-refractivity contribution in [2.75, 3.05) is 13.2 Å². The minimum atomic E-state index is -0.321. The van der Waals surface area contributed by atoms with Gasteiger partial charge in [-0.25, -0.2) is 4.79 Å². The number of hydrogen-bond donors (Lipinski definition) is 1. The number of esters is 1. The van der Waals surface area contributed by atoms with Crippen LogP contribution in [-0.4, -0.2) is 29.4 Å². The number of aromatic nitrogens is 2. The lowest BCUT2D eigenvalue weighted by Gasteiger charge is -2.24. The molecule has 0 amide bonds. The van der Waals surface area contributed by atoms with Crippen molar-refractivity contribution in [3.05, 3.63) is 65.2 Å². The number of aromatic amines is 1. The van der Waals surface area contributed by atoms with Crippen molar-refractivity contribution in [2.24, 2.45) is 0 Å². The normalized spacial score (nSPS) is 16.2. The van der Waals surface area contributed by atoms with E-state index in [4.69, 9.17) is 9.47 Å². The van der Waals surface area contributed by atoms with Crippen molar-refractivity contribution in [3.63, 3.8) is 0 Å². The van der Waals surface area contributed by atoms with Crippen LogP contribution in [0.4, 0.5) is 0 Å². The van der Waals surface area contributed by atoms with Crippen LogP contribution in [0.25, 0.3) is 32.9 Å². The summed E-state index contributed by atoms with van der Waals surface area (Å²) < 4.78 is 11.2. The molecular weight excluding hydrogens is 402 g/mol. The molecule has 0 saturated carbocycles. The van der Waals surface area contributed by atoms with Crippen LogP contribution in [0.3, 0.4) is 0 Å². The molecule has 5 rings (SSSR count). The van der Waals surface area contributed by atoms with Gasteiger partial charge in [0.2, 0.25) is 0 Å². The zero-order valence-electron chi connectivity index (χ0n) is 17.9. The van der Waals surface area contributed by atoms with Gasteiger partial charge < -0.3 is 9.47 Å². The summed E-state index contributed by atoms with van der Waals surface area (Å²) in [5, 5.41) is 20.4. The van der Waals surface area contributed by atoms with Crippen LogP contribution in [0.15, 0.2) is 48.5 Å². The summed E-state index contributed by atoms with van der Waals surface area (Å²) in [5.74, 6) is -0.321. The summed E-state index contributed by atoms with van der Waals surface area (Å²) in [6, 6.07) is 17.7. The van der Waals surface area contributed by atoms with Gasteiger partial charge in [0.25, 0.3) is 0 Å². The van der Waals surface area contributed by atoms with Crippen LogP contribution in [0, 0.1) is 11.3 Å². The highest BCUT2D eigenvalue weighted by Gasteiger charge is 2.25. The van der Waals surface area contributed by atoms with Crippen molar-refractivity contribution in [1.82, 2.24) is 10.2 Å². The van der Waals surface area contributed by atoms with Crippen LogP contribution < -0.4 is 0 Å². The number of fused-ring (bicyclic) bond motifs is 2. The van der Waals surface area contributed by atoms with Crippen LogP contribution in [0.5, 0.6) is 0 Å². The van der Waals surface area contributed by atoms with E-state index in [1.807, 2.05) is 36.4 Å². The molecule has 3 aromatic carbocycles. The molecule has 0 aliphatic carbocycles. The Kier molecular flexibility index (Phi) is 5.34. The van der Waals surface area contributed by atoms with Gasteiger partial charge in [0.1, 0.15) is 5.69 Å². The van der Waals surface area contributed by atoms with E-state index in [1.165, 1.54) is 0 Å². The molecule has 1 aliphatic heterocycles. The Morgan fingerprint density at radius 2 is 2.03 bits per heavy atom. The fraction of sp³-hybridized carbons (Fsp3) is 0.269. The quantitative estimate of drug-likeness (QED) is 0.425. The molecule has 2 heterocycles. The maximum atomic E-state index is 12.1. The van der Waals surface area contributed by atoms with Crippen LogP contribution in [0.2, 0.25) is 0 Å². The van der Waals surface area contributed by atoms with Crippen LogP contribution in [-0.2, 0) is 9.47 Å². The molecule has 1 atom stereocenters. The Bertz CT molecular complexity index is 1360. The van der Waals surface area contributed by atoms with Gasteiger partial charge in [-0.15, -0.1) is 0 Å². The predicted molar refractivity (Wildman–Crippen MR) is 122 cm³/mol. The van der Waals surface area contributed by atoms with E-state index in [9.17, 15) is 10.1 Å². The zero-order chi connectivity index (χ0) is 22.1. The molecule has 1 unspecified atom stereocenters. The highest BCUT2D eigenvalue weighted by atomic mass is 16.5. The Hall–Kier alpha value is -3.69. The molecule has 160 valence electrons. The minimum absolute atomic E-state index is 0.106. The molecule has 0 bridgehead atoms. The molecular formula is C26H23N3O3. The highest BCUT2D eigenvalue weighted by molar-refractivity contribution is 6.00. The second-order valence-corrected chi connectivity index (χ2v) is 7.99. The molecule has 6 heteroatoms. The standard InChI is InChI=1S/C26H23N3O3/c1-2-31-26(30)19-9-7-16-13-18(8-6-17(16)14-19)25-24-21(28-29-25)11-10-20(15-27)23(24)22-5-3-4-12-32-22/h6-11,13-14,22H,2-5,12H2,1H3,(H,28,29). The average Bonchev–Trinajstić information content (AvgIpc) is 3.27. The summed E-state index contributed by atoms with van der Waals surface area (Å²) in [5.41, 5.74) is 4.73. The number of H-pyrrole nitrogens is 1. The predicted octanol–water partition coefficient (Wildman–Crippen LogP) is 5.67. The van der Waals surface area contributed by atoms with E-state index in [1.54, 1.807) is 13.0 Å². The summed E-state index contributed by atoms with van der Waals surface area (Å²) in [4.78, 5) is 12.1. The average molecular weight is 425 g/mol. The number of carbonyl (C=O) groups is 1. The van der Waals surface area contributed by atoms with Gasteiger partial charge in [0.15, 0.2) is 0 Å². The third-order valence-corrected chi connectivity index (χ3v) is 6.02. The third-order valence-electron chi connectivity index (χ3n) is 6.02. The van der Waals surface area contributed by atoms with Gasteiger partial charge >= 0.3 is 5.97 Å². The fourth-order valence-corrected chi connectivity index (χ4v) is 4.48. The Morgan fingerprint density at radius 3 is 2.81 bits per heavy atom. The molecule has 1 N–H and O–H groups in total. The number of hydrogen-bond acceptors (Lipinski definition) is 5. The smallest absolute Gasteiger partial charge is 0.338 e. The van der Waals surface area contributed by atoms with E-state index >= 15 is 0 Å². The molecule has 32 heavy (non-hydrogen) atoms. The largest absolute Gasteiger partial charge is 0.462 e. The van der Waals surface area contributed by atoms with Crippen molar-refractivity contribution in [1.29, 1.82) is 5.26 Å². The Balaban J connectivity index is 1.63. The van der Waals surface area contributed by atoms with Gasteiger partial charge in [-0.1, -0.05) is 18.2 Å². The monoisotopic (exact) mass is 425 g/mol. The lowest BCUT2D eigenvalue weighted by Crippen LogP contribution is -2.13. The van der Waals surface area contributed by atoms with Gasteiger partial charge in [0, 0.05) is 23.1 Å². The number of nitriles is 1. The molecule has 0 radical (unpaired) electrons. The zero-order valence-corrected chi connectivity index (χ0v) is 17.9. The summed E-state index contributed by atoms with van der Waals surface area (Å²) in [7, 11) is 0. The summed E-state index contributed by atoms with van der Waals surface area (Å²) in [6.45, 7) is 2.85. The molecule has 1 aliphatic rings. The minimum Gasteiger partial charge on any atom is -0.462 e. The molecule has 6 nitrogen and oxygen atoms in total. The molecule has 4 aromatic rings. The first kappa shape index (κ1) is 20.2. The van der Waals surface area contributed by atoms with Crippen molar-refractivity contribution >= 4 is 27.6 Å². The van der Waals surface area contributed by atoms with Crippen molar-refractivity contribution < 1.29 is 14.3 Å². The Labute approximate surface area is 185 Å². The van der Waals surface area contributed by atoms with E-state index in [-0.39, 0.29) is 12.1 Å². The third kappa shape index (κ3) is 3.51. The van der Waals surface area contributed by atoms with Crippen molar-refractivity contribution in [3.8, 4) is 17.3 Å². The lowest BCUT2D eigenvalue weighted by molar-refractivity contribution is 0.0157. The molecule has 1 aromatic heterocycles. The first-order chi connectivity index (χ1) is 15.7. The van der Waals surface area contributed by atoms with Gasteiger partial charge in [-0.2, -0.15) is 10.4 Å². The SMILES string of the molecule is CCOC(=O)c1ccc2cc(-c3n[nH]c4ccc(C#N)c(C5CCCCO5)c34)ccc2c1. The topological polar surface area (TPSA) is 88.0 Å². The van der Waals surface area contributed by atoms with Gasteiger partial charge in [0.05, 0.1) is 35.4 Å². The first-order valence-electron chi connectivity index (χ1n) is 10.9. The number of ether oxygens (including phenoxy) is 2.